The predicted molar refractivity (Wildman–Crippen MR) is 103 cm³/mol. The molecule has 3 nitrogen and oxygen atoms in total. The number of carbonyl (C=O) groups is 1. The Morgan fingerprint density at radius 3 is 2.54 bits per heavy atom. The first-order chi connectivity index (χ1) is 10.9. The smallest absolute Gasteiger partial charge is 0.250 e. The van der Waals surface area contributed by atoms with Gasteiger partial charge in [-0.2, -0.15) is 0 Å². The minimum Gasteiger partial charge on any atom is -0.379 e. The lowest BCUT2D eigenvalue weighted by atomic mass is 9.86. The molecule has 0 aromatic heterocycles. The van der Waals surface area contributed by atoms with E-state index in [2.05, 4.69) is 30.5 Å². The Morgan fingerprint density at radius 1 is 1.17 bits per heavy atom. The molecule has 3 rings (SSSR count). The maximum Gasteiger partial charge on any atom is 0.250 e. The highest BCUT2D eigenvalue weighted by atomic mass is 35.5. The molecule has 0 saturated carbocycles. The number of carbonyl (C=O) groups excluding carboxylic acids is 1. The molecule has 1 heterocycles. The van der Waals surface area contributed by atoms with E-state index in [1.165, 1.54) is 5.56 Å². The van der Waals surface area contributed by atoms with E-state index in [0.29, 0.717) is 5.02 Å². The first-order valence-electron chi connectivity index (χ1n) is 7.58. The molecule has 126 valence electrons. The van der Waals surface area contributed by atoms with Crippen LogP contribution in [0, 0.1) is 0 Å². The van der Waals surface area contributed by atoms with Gasteiger partial charge in [0, 0.05) is 33.6 Å². The summed E-state index contributed by atoms with van der Waals surface area (Å²) in [6, 6.07) is 15.2. The zero-order chi connectivity index (χ0) is 16.4. The van der Waals surface area contributed by atoms with Crippen LogP contribution in [0.2, 0.25) is 5.02 Å². The first-order valence-corrected chi connectivity index (χ1v) is 7.95. The second kappa shape index (κ2) is 7.29. The fraction of sp³-hybridized carbons (Fsp3) is 0.211. The number of nitrogens with one attached hydrogen (secondary N) is 2. The van der Waals surface area contributed by atoms with Crippen molar-refractivity contribution in [2.45, 2.75) is 25.8 Å². The summed E-state index contributed by atoms with van der Waals surface area (Å²) in [7, 11) is 0. The summed E-state index contributed by atoms with van der Waals surface area (Å²) >= 11 is 5.86. The van der Waals surface area contributed by atoms with E-state index in [1.807, 2.05) is 18.2 Å². The van der Waals surface area contributed by atoms with Gasteiger partial charge in [0.2, 0.25) is 5.91 Å². The highest BCUT2D eigenvalue weighted by molar-refractivity contribution is 6.30. The van der Waals surface area contributed by atoms with Crippen LogP contribution in [0.3, 0.4) is 0 Å². The molecule has 1 amide bonds. The lowest BCUT2D eigenvalue weighted by molar-refractivity contribution is -0.111. The zero-order valence-corrected chi connectivity index (χ0v) is 15.2. The number of fused-ring (bicyclic) bond motifs is 1. The quantitative estimate of drug-likeness (QED) is 0.762. The third-order valence-corrected chi connectivity index (χ3v) is 4.05. The van der Waals surface area contributed by atoms with Gasteiger partial charge >= 0.3 is 0 Å². The number of hydrogen-bond donors (Lipinski definition) is 2. The van der Waals surface area contributed by atoms with E-state index < -0.39 is 0 Å². The van der Waals surface area contributed by atoms with Crippen molar-refractivity contribution in [2.24, 2.45) is 0 Å². The largest absolute Gasteiger partial charge is 0.379 e. The summed E-state index contributed by atoms with van der Waals surface area (Å²) in [6.07, 6.45) is 2.55. The van der Waals surface area contributed by atoms with E-state index in [-0.39, 0.29) is 23.9 Å². The van der Waals surface area contributed by atoms with Crippen LogP contribution in [0.1, 0.15) is 25.0 Å². The van der Waals surface area contributed by atoms with Crippen molar-refractivity contribution in [3.8, 4) is 0 Å². The van der Waals surface area contributed by atoms with Crippen molar-refractivity contribution < 1.29 is 4.79 Å². The topological polar surface area (TPSA) is 41.1 Å². The summed E-state index contributed by atoms with van der Waals surface area (Å²) < 4.78 is 0. The van der Waals surface area contributed by atoms with Crippen molar-refractivity contribution in [3.63, 3.8) is 0 Å². The van der Waals surface area contributed by atoms with Crippen molar-refractivity contribution >= 4 is 41.3 Å². The van der Waals surface area contributed by atoms with Crippen LogP contribution >= 0.6 is 24.0 Å². The summed E-state index contributed by atoms with van der Waals surface area (Å²) in [4.78, 5) is 12.3. The normalized spacial score (nSPS) is 16.5. The van der Waals surface area contributed by atoms with Gasteiger partial charge < -0.3 is 10.6 Å². The molecule has 1 aliphatic heterocycles. The number of anilines is 1. The standard InChI is InChI=1S/C19H19ClN2O.ClH/c1-19(2)12-13-5-3-4-6-16(13)17(22-19)11-18(23)21-15-9-7-14(20)8-10-15;/h3-11,22H,12H2,1-2H3,(H,21,23);1H/b17-11-;. The molecule has 0 aliphatic carbocycles. The van der Waals surface area contributed by atoms with Gasteiger partial charge in [-0.25, -0.2) is 0 Å². The SMILES string of the molecule is CC1(C)Cc2ccccc2/C(=C/C(=O)Nc2ccc(Cl)cc2)N1.Cl. The molecule has 2 N–H and O–H groups in total. The van der Waals surface area contributed by atoms with Gasteiger partial charge in [-0.3, -0.25) is 4.79 Å². The number of benzene rings is 2. The Balaban J connectivity index is 0.00000208. The molecule has 5 heteroatoms. The fourth-order valence-corrected chi connectivity index (χ4v) is 2.97. The highest BCUT2D eigenvalue weighted by Crippen LogP contribution is 2.29. The van der Waals surface area contributed by atoms with Crippen LogP contribution < -0.4 is 10.6 Å². The minimum atomic E-state index is -0.165. The molecule has 0 atom stereocenters. The molecule has 24 heavy (non-hydrogen) atoms. The number of rotatable bonds is 2. The third kappa shape index (κ3) is 4.31. The van der Waals surface area contributed by atoms with Gasteiger partial charge in [0.1, 0.15) is 0 Å². The van der Waals surface area contributed by atoms with Crippen molar-refractivity contribution in [1.82, 2.24) is 5.32 Å². The molecule has 0 unspecified atom stereocenters. The fourth-order valence-electron chi connectivity index (χ4n) is 2.85. The molecule has 0 bridgehead atoms. The van der Waals surface area contributed by atoms with E-state index in [4.69, 9.17) is 11.6 Å². The predicted octanol–water partition coefficient (Wildman–Crippen LogP) is 4.67. The Hall–Kier alpha value is -1.97. The van der Waals surface area contributed by atoms with Gasteiger partial charge in [0.25, 0.3) is 0 Å². The van der Waals surface area contributed by atoms with Gasteiger partial charge in [-0.15, -0.1) is 12.4 Å². The summed E-state index contributed by atoms with van der Waals surface area (Å²) in [6.45, 7) is 4.27. The molecule has 0 radical (unpaired) electrons. The van der Waals surface area contributed by atoms with Crippen molar-refractivity contribution in [1.29, 1.82) is 0 Å². The molecule has 2 aromatic rings. The van der Waals surface area contributed by atoms with Crippen LogP contribution in [0.15, 0.2) is 54.6 Å². The second-order valence-corrected chi connectivity index (χ2v) is 6.83. The van der Waals surface area contributed by atoms with Gasteiger partial charge in [-0.1, -0.05) is 35.9 Å². The van der Waals surface area contributed by atoms with Crippen LogP contribution in [-0.2, 0) is 11.2 Å². The highest BCUT2D eigenvalue weighted by Gasteiger charge is 2.27. The van der Waals surface area contributed by atoms with Crippen LogP contribution in [0.25, 0.3) is 5.70 Å². The van der Waals surface area contributed by atoms with Crippen LogP contribution in [0.5, 0.6) is 0 Å². The van der Waals surface area contributed by atoms with Crippen LogP contribution in [-0.4, -0.2) is 11.4 Å². The Labute approximate surface area is 153 Å². The lowest BCUT2D eigenvalue weighted by Gasteiger charge is -2.35. The van der Waals surface area contributed by atoms with E-state index in [1.54, 1.807) is 30.3 Å². The van der Waals surface area contributed by atoms with Gasteiger partial charge in [0.05, 0.1) is 0 Å². The maximum absolute atomic E-state index is 12.3. The lowest BCUT2D eigenvalue weighted by Crippen LogP contribution is -2.44. The van der Waals surface area contributed by atoms with Gasteiger partial charge in [-0.05, 0) is 50.1 Å². The molecule has 0 fully saturated rings. The van der Waals surface area contributed by atoms with Crippen molar-refractivity contribution in [2.75, 3.05) is 5.32 Å². The van der Waals surface area contributed by atoms with E-state index >= 15 is 0 Å². The number of halogens is 2. The molecule has 0 spiro atoms. The summed E-state index contributed by atoms with van der Waals surface area (Å²) in [5.74, 6) is -0.165. The Kier molecular flexibility index (Phi) is 5.58. The Morgan fingerprint density at radius 2 is 1.83 bits per heavy atom. The Bertz CT molecular complexity index is 767. The molecule has 2 aromatic carbocycles. The van der Waals surface area contributed by atoms with Gasteiger partial charge in [0.15, 0.2) is 0 Å². The molecule has 0 saturated heterocycles. The molecular formula is C19H20Cl2N2O. The second-order valence-electron chi connectivity index (χ2n) is 6.40. The average molecular weight is 363 g/mol. The minimum absolute atomic E-state index is 0. The summed E-state index contributed by atoms with van der Waals surface area (Å²) in [5, 5.41) is 6.96. The van der Waals surface area contributed by atoms with E-state index in [0.717, 1.165) is 23.4 Å². The average Bonchev–Trinajstić information content (AvgIpc) is 2.48. The third-order valence-electron chi connectivity index (χ3n) is 3.80. The van der Waals surface area contributed by atoms with Crippen LogP contribution in [0.4, 0.5) is 5.69 Å². The maximum atomic E-state index is 12.3. The molecular weight excluding hydrogens is 343 g/mol. The summed E-state index contributed by atoms with van der Waals surface area (Å²) in [5.41, 5.74) is 3.82. The number of amides is 1. The number of hydrogen-bond acceptors (Lipinski definition) is 2. The van der Waals surface area contributed by atoms with Crippen molar-refractivity contribution in [3.05, 3.63) is 70.8 Å². The monoisotopic (exact) mass is 362 g/mol. The molecule has 1 aliphatic rings. The first kappa shape index (κ1) is 18.4. The zero-order valence-electron chi connectivity index (χ0n) is 13.6. The van der Waals surface area contributed by atoms with E-state index in [9.17, 15) is 4.79 Å².